The molecule has 3 unspecified atom stereocenters. The van der Waals surface area contributed by atoms with Crippen LogP contribution in [0.5, 0.6) is 0 Å². The van der Waals surface area contributed by atoms with E-state index in [1.165, 1.54) is 12.8 Å². The Morgan fingerprint density at radius 3 is 2.65 bits per heavy atom. The maximum Gasteiger partial charge on any atom is 0.251 e. The zero-order chi connectivity index (χ0) is 14.7. The highest BCUT2D eigenvalue weighted by Gasteiger charge is 2.32. The predicted molar refractivity (Wildman–Crippen MR) is 84.2 cm³/mol. The molecule has 0 bridgehead atoms. The molecular weight excluding hydrogens is 248 g/mol. The highest BCUT2D eigenvalue weighted by Crippen LogP contribution is 2.34. The van der Waals surface area contributed by atoms with Crippen molar-refractivity contribution in [2.24, 2.45) is 11.8 Å². The first kappa shape index (κ1) is 14.9. The predicted octanol–water partition coefficient (Wildman–Crippen LogP) is 3.59. The number of anilines is 1. The van der Waals surface area contributed by atoms with Gasteiger partial charge in [-0.15, -0.1) is 0 Å². The number of hydrogen-bond acceptors (Lipinski definition) is 2. The molecule has 1 saturated carbocycles. The van der Waals surface area contributed by atoms with E-state index in [4.69, 9.17) is 0 Å². The summed E-state index contributed by atoms with van der Waals surface area (Å²) in [5.41, 5.74) is 2.85. The minimum absolute atomic E-state index is 0.0683. The van der Waals surface area contributed by atoms with Gasteiger partial charge in [-0.2, -0.15) is 0 Å². The maximum absolute atomic E-state index is 12.4. The Labute approximate surface area is 122 Å². The summed E-state index contributed by atoms with van der Waals surface area (Å²) in [5.74, 6) is 1.41. The third-order valence-corrected chi connectivity index (χ3v) is 4.83. The Hall–Kier alpha value is -1.51. The van der Waals surface area contributed by atoms with Crippen LogP contribution >= 0.6 is 0 Å². The Bertz CT molecular complexity index is 484. The number of carbonyl (C=O) groups is 1. The lowest BCUT2D eigenvalue weighted by Gasteiger charge is -2.21. The van der Waals surface area contributed by atoms with Crippen molar-refractivity contribution in [3.8, 4) is 0 Å². The molecule has 20 heavy (non-hydrogen) atoms. The van der Waals surface area contributed by atoms with Gasteiger partial charge in [0.05, 0.1) is 0 Å². The van der Waals surface area contributed by atoms with Gasteiger partial charge >= 0.3 is 0 Å². The van der Waals surface area contributed by atoms with E-state index in [0.717, 1.165) is 29.2 Å². The van der Waals surface area contributed by atoms with Crippen LogP contribution in [-0.2, 0) is 0 Å². The molecule has 0 spiro atoms. The highest BCUT2D eigenvalue weighted by molar-refractivity contribution is 5.96. The normalized spacial score (nSPS) is 25.5. The van der Waals surface area contributed by atoms with E-state index in [2.05, 4.69) is 24.5 Å². The van der Waals surface area contributed by atoms with Crippen LogP contribution in [0.25, 0.3) is 0 Å². The van der Waals surface area contributed by atoms with Crippen LogP contribution in [0.4, 0.5) is 5.69 Å². The minimum atomic E-state index is 0.0683. The van der Waals surface area contributed by atoms with Crippen molar-refractivity contribution < 1.29 is 4.79 Å². The molecule has 0 heterocycles. The summed E-state index contributed by atoms with van der Waals surface area (Å²) in [7, 11) is 1.89. The van der Waals surface area contributed by atoms with Gasteiger partial charge < -0.3 is 10.6 Å². The van der Waals surface area contributed by atoms with Crippen molar-refractivity contribution in [3.05, 3.63) is 29.3 Å². The molecule has 110 valence electrons. The zero-order valence-corrected chi connectivity index (χ0v) is 13.0. The smallest absolute Gasteiger partial charge is 0.251 e. The van der Waals surface area contributed by atoms with Crippen molar-refractivity contribution >= 4 is 11.6 Å². The Balaban J connectivity index is 2.05. The average Bonchev–Trinajstić information content (AvgIpc) is 2.79. The third-order valence-electron chi connectivity index (χ3n) is 4.83. The van der Waals surface area contributed by atoms with Gasteiger partial charge in [0.2, 0.25) is 0 Å². The van der Waals surface area contributed by atoms with Crippen LogP contribution in [0.2, 0.25) is 0 Å². The van der Waals surface area contributed by atoms with E-state index in [0.29, 0.717) is 12.0 Å². The fourth-order valence-corrected chi connectivity index (χ4v) is 3.35. The van der Waals surface area contributed by atoms with E-state index < -0.39 is 0 Å². The van der Waals surface area contributed by atoms with Gasteiger partial charge in [0, 0.05) is 24.3 Å². The van der Waals surface area contributed by atoms with Crippen molar-refractivity contribution in [3.63, 3.8) is 0 Å². The molecule has 0 radical (unpaired) electrons. The molecule has 3 atom stereocenters. The maximum atomic E-state index is 12.4. The monoisotopic (exact) mass is 274 g/mol. The number of hydrogen-bond donors (Lipinski definition) is 2. The van der Waals surface area contributed by atoms with Crippen LogP contribution < -0.4 is 10.6 Å². The van der Waals surface area contributed by atoms with E-state index in [9.17, 15) is 4.79 Å². The second-order valence-electron chi connectivity index (χ2n) is 5.96. The summed E-state index contributed by atoms with van der Waals surface area (Å²) in [4.78, 5) is 12.4. The van der Waals surface area contributed by atoms with Crippen LogP contribution in [0.1, 0.15) is 49.0 Å². The molecule has 1 aliphatic rings. The lowest BCUT2D eigenvalue weighted by Crippen LogP contribution is -2.37. The zero-order valence-electron chi connectivity index (χ0n) is 13.0. The molecule has 1 amide bonds. The van der Waals surface area contributed by atoms with Gasteiger partial charge in [0.25, 0.3) is 5.91 Å². The quantitative estimate of drug-likeness (QED) is 0.881. The summed E-state index contributed by atoms with van der Waals surface area (Å²) >= 11 is 0. The molecule has 1 fully saturated rings. The fraction of sp³-hybridized carbons (Fsp3) is 0.588. The molecule has 2 rings (SSSR count). The first-order chi connectivity index (χ1) is 9.56. The van der Waals surface area contributed by atoms with E-state index in [-0.39, 0.29) is 5.91 Å². The standard InChI is InChI=1S/C17H26N2O/c1-5-13-6-9-16(12(13)3)19-17(20)15-8-7-14(18-4)10-11(15)2/h7-8,10,12-13,16,18H,5-6,9H2,1-4H3,(H,19,20). The van der Waals surface area contributed by atoms with Crippen LogP contribution in [0.15, 0.2) is 18.2 Å². The largest absolute Gasteiger partial charge is 0.388 e. The number of rotatable bonds is 4. The third kappa shape index (κ3) is 2.97. The lowest BCUT2D eigenvalue weighted by atomic mass is 9.93. The van der Waals surface area contributed by atoms with Crippen LogP contribution in [0.3, 0.4) is 0 Å². The molecule has 3 nitrogen and oxygen atoms in total. The van der Waals surface area contributed by atoms with Crippen molar-refractivity contribution in [2.75, 3.05) is 12.4 Å². The fourth-order valence-electron chi connectivity index (χ4n) is 3.35. The van der Waals surface area contributed by atoms with Gasteiger partial charge in [-0.05, 0) is 55.4 Å². The summed E-state index contributed by atoms with van der Waals surface area (Å²) in [6, 6.07) is 6.21. The van der Waals surface area contributed by atoms with Gasteiger partial charge in [-0.3, -0.25) is 4.79 Å². The number of amides is 1. The van der Waals surface area contributed by atoms with Crippen molar-refractivity contribution in [2.45, 2.75) is 46.1 Å². The minimum Gasteiger partial charge on any atom is -0.388 e. The van der Waals surface area contributed by atoms with Crippen molar-refractivity contribution in [1.82, 2.24) is 5.32 Å². The number of aryl methyl sites for hydroxylation is 1. The molecule has 1 aromatic rings. The number of nitrogens with one attached hydrogen (secondary N) is 2. The molecule has 0 saturated heterocycles. The van der Waals surface area contributed by atoms with Gasteiger partial charge in [0.15, 0.2) is 0 Å². The van der Waals surface area contributed by atoms with Gasteiger partial charge in [0.1, 0.15) is 0 Å². The first-order valence-corrected chi connectivity index (χ1v) is 7.66. The SMILES string of the molecule is CCC1CCC(NC(=O)c2ccc(NC)cc2C)C1C. The summed E-state index contributed by atoms with van der Waals surface area (Å²) in [6.45, 7) is 6.50. The van der Waals surface area contributed by atoms with E-state index in [1.54, 1.807) is 0 Å². The summed E-state index contributed by atoms with van der Waals surface area (Å²) in [6.07, 6.45) is 3.56. The Kier molecular flexibility index (Phi) is 4.69. The van der Waals surface area contributed by atoms with Gasteiger partial charge in [-0.25, -0.2) is 0 Å². The average molecular weight is 274 g/mol. The summed E-state index contributed by atoms with van der Waals surface area (Å²) in [5, 5.41) is 6.32. The molecular formula is C17H26N2O. The van der Waals surface area contributed by atoms with Crippen LogP contribution in [-0.4, -0.2) is 19.0 Å². The van der Waals surface area contributed by atoms with Crippen molar-refractivity contribution in [1.29, 1.82) is 0 Å². The van der Waals surface area contributed by atoms with Gasteiger partial charge in [-0.1, -0.05) is 20.3 Å². The molecule has 2 N–H and O–H groups in total. The molecule has 0 aromatic heterocycles. The number of carbonyl (C=O) groups excluding carboxylic acids is 1. The molecule has 1 aliphatic carbocycles. The Morgan fingerprint density at radius 1 is 1.35 bits per heavy atom. The van der Waals surface area contributed by atoms with E-state index in [1.807, 2.05) is 32.2 Å². The second-order valence-corrected chi connectivity index (χ2v) is 5.96. The highest BCUT2D eigenvalue weighted by atomic mass is 16.1. The first-order valence-electron chi connectivity index (χ1n) is 7.66. The molecule has 0 aliphatic heterocycles. The molecule has 3 heteroatoms. The topological polar surface area (TPSA) is 41.1 Å². The van der Waals surface area contributed by atoms with E-state index >= 15 is 0 Å². The lowest BCUT2D eigenvalue weighted by molar-refractivity contribution is 0.0926. The second kappa shape index (κ2) is 6.29. The summed E-state index contributed by atoms with van der Waals surface area (Å²) < 4.78 is 0. The molecule has 1 aromatic carbocycles. The number of benzene rings is 1. The Morgan fingerprint density at radius 2 is 2.10 bits per heavy atom. The van der Waals surface area contributed by atoms with Crippen LogP contribution in [0, 0.1) is 18.8 Å².